The van der Waals surface area contributed by atoms with E-state index in [1.165, 1.54) is 18.9 Å². The number of hydrogen-bond acceptors (Lipinski definition) is 7. The number of methoxy groups -OCH3 is 1. The number of carbonyl (C=O) groups excluding carboxylic acids is 3. The van der Waals surface area contributed by atoms with E-state index >= 15 is 0 Å². The number of aryl methyl sites for hydroxylation is 1. The minimum absolute atomic E-state index is 0.0190. The molecule has 0 aliphatic carbocycles. The Hall–Kier alpha value is -2.00. The average Bonchev–Trinajstić information content (AvgIpc) is 3.00. The molecule has 1 aromatic rings. The summed E-state index contributed by atoms with van der Waals surface area (Å²) in [5.74, 6) is 0.705. The fourth-order valence-corrected chi connectivity index (χ4v) is 3.06. The van der Waals surface area contributed by atoms with Crippen molar-refractivity contribution in [3.05, 3.63) is 23.2 Å². The summed E-state index contributed by atoms with van der Waals surface area (Å²) in [6.07, 6.45) is 0. The maximum atomic E-state index is 12.0. The van der Waals surface area contributed by atoms with Gasteiger partial charge >= 0.3 is 5.97 Å². The zero-order valence-corrected chi connectivity index (χ0v) is 15.1. The standard InChI is InChI=1S/C16H22N2O6S/c1-11-13(16(21)22-2)7-12(24-11)8-17-14(19)9-25-10-15(20)18-3-5-23-6-4-18/h7H,3-6,8-10H2,1-2H3,(H,17,19). The zero-order chi connectivity index (χ0) is 18.2. The van der Waals surface area contributed by atoms with Crippen LogP contribution in [0.15, 0.2) is 10.5 Å². The molecule has 2 amide bonds. The molecule has 2 heterocycles. The second-order valence-electron chi connectivity index (χ2n) is 5.44. The van der Waals surface area contributed by atoms with Crippen molar-refractivity contribution in [2.24, 2.45) is 0 Å². The van der Waals surface area contributed by atoms with Gasteiger partial charge in [0.25, 0.3) is 0 Å². The van der Waals surface area contributed by atoms with Crippen LogP contribution in [-0.4, -0.2) is 67.6 Å². The normalized spacial score (nSPS) is 14.2. The Kier molecular flexibility index (Phi) is 7.32. The number of hydrogen-bond donors (Lipinski definition) is 1. The maximum Gasteiger partial charge on any atom is 0.341 e. The Morgan fingerprint density at radius 3 is 2.68 bits per heavy atom. The molecule has 1 N–H and O–H groups in total. The van der Waals surface area contributed by atoms with Crippen LogP contribution in [-0.2, 0) is 25.6 Å². The van der Waals surface area contributed by atoms with Gasteiger partial charge in [-0.25, -0.2) is 4.79 Å². The summed E-state index contributed by atoms with van der Waals surface area (Å²) in [4.78, 5) is 37.0. The number of thioether (sulfide) groups is 1. The fourth-order valence-electron chi connectivity index (χ4n) is 2.32. The van der Waals surface area contributed by atoms with Gasteiger partial charge < -0.3 is 24.1 Å². The Balaban J connectivity index is 1.68. The molecule has 2 rings (SSSR count). The molecular formula is C16H22N2O6S. The molecule has 1 saturated heterocycles. The molecule has 0 aromatic carbocycles. The average molecular weight is 370 g/mol. The molecule has 0 saturated carbocycles. The predicted octanol–water partition coefficient (Wildman–Crippen LogP) is 0.583. The molecule has 0 bridgehead atoms. The molecule has 0 radical (unpaired) electrons. The highest BCUT2D eigenvalue weighted by Gasteiger charge is 2.18. The van der Waals surface area contributed by atoms with Crippen LogP contribution >= 0.6 is 11.8 Å². The van der Waals surface area contributed by atoms with Gasteiger partial charge in [0.05, 0.1) is 38.4 Å². The number of nitrogens with one attached hydrogen (secondary N) is 1. The van der Waals surface area contributed by atoms with Crippen molar-refractivity contribution in [2.75, 3.05) is 44.9 Å². The van der Waals surface area contributed by atoms with Crippen LogP contribution in [0.5, 0.6) is 0 Å². The van der Waals surface area contributed by atoms with E-state index in [1.807, 2.05) is 0 Å². The Morgan fingerprint density at radius 2 is 2.00 bits per heavy atom. The maximum absolute atomic E-state index is 12.0. The third-order valence-electron chi connectivity index (χ3n) is 3.66. The number of rotatable bonds is 7. The highest BCUT2D eigenvalue weighted by atomic mass is 32.2. The highest BCUT2D eigenvalue weighted by molar-refractivity contribution is 8.00. The van der Waals surface area contributed by atoms with E-state index in [0.29, 0.717) is 43.4 Å². The van der Waals surface area contributed by atoms with Crippen molar-refractivity contribution in [2.45, 2.75) is 13.5 Å². The lowest BCUT2D eigenvalue weighted by molar-refractivity contribution is -0.132. The van der Waals surface area contributed by atoms with Gasteiger partial charge in [0.1, 0.15) is 17.1 Å². The molecule has 138 valence electrons. The quantitative estimate of drug-likeness (QED) is 0.701. The van der Waals surface area contributed by atoms with Crippen molar-refractivity contribution in [3.63, 3.8) is 0 Å². The molecule has 1 aliphatic heterocycles. The minimum atomic E-state index is -0.476. The van der Waals surface area contributed by atoms with Crippen LogP contribution in [0, 0.1) is 6.92 Å². The van der Waals surface area contributed by atoms with Gasteiger partial charge in [0.15, 0.2) is 0 Å². The number of nitrogens with zero attached hydrogens (tertiary/aromatic N) is 1. The molecule has 0 spiro atoms. The van der Waals surface area contributed by atoms with Gasteiger partial charge in [-0.3, -0.25) is 9.59 Å². The van der Waals surface area contributed by atoms with Crippen LogP contribution in [0.4, 0.5) is 0 Å². The topological polar surface area (TPSA) is 98.1 Å². The SMILES string of the molecule is COC(=O)c1cc(CNC(=O)CSCC(=O)N2CCOCC2)oc1C. The van der Waals surface area contributed by atoms with E-state index in [2.05, 4.69) is 10.1 Å². The Labute approximate surface area is 150 Å². The third kappa shape index (κ3) is 5.79. The van der Waals surface area contributed by atoms with Crippen LogP contribution in [0.3, 0.4) is 0 Å². The largest absolute Gasteiger partial charge is 0.465 e. The monoisotopic (exact) mass is 370 g/mol. The van der Waals surface area contributed by atoms with E-state index < -0.39 is 5.97 Å². The van der Waals surface area contributed by atoms with Gasteiger partial charge in [-0.2, -0.15) is 0 Å². The van der Waals surface area contributed by atoms with Crippen molar-refractivity contribution < 1.29 is 28.3 Å². The molecule has 1 aromatic heterocycles. The smallest absolute Gasteiger partial charge is 0.341 e. The third-order valence-corrected chi connectivity index (χ3v) is 4.57. The molecular weight excluding hydrogens is 348 g/mol. The molecule has 1 aliphatic rings. The summed E-state index contributed by atoms with van der Waals surface area (Å²) in [6, 6.07) is 1.55. The molecule has 0 unspecified atom stereocenters. The summed E-state index contributed by atoms with van der Waals surface area (Å²) in [5.41, 5.74) is 0.345. The van der Waals surface area contributed by atoms with Gasteiger partial charge in [0, 0.05) is 13.1 Å². The predicted molar refractivity (Wildman–Crippen MR) is 91.4 cm³/mol. The first-order valence-electron chi connectivity index (χ1n) is 7.89. The van der Waals surface area contributed by atoms with Crippen LogP contribution in [0.1, 0.15) is 21.9 Å². The summed E-state index contributed by atoms with van der Waals surface area (Å²) in [6.45, 7) is 4.16. The molecule has 8 nitrogen and oxygen atoms in total. The lowest BCUT2D eigenvalue weighted by Crippen LogP contribution is -2.41. The van der Waals surface area contributed by atoms with Gasteiger partial charge in [-0.1, -0.05) is 0 Å². The summed E-state index contributed by atoms with van der Waals surface area (Å²) >= 11 is 1.27. The number of morpholine rings is 1. The minimum Gasteiger partial charge on any atom is -0.465 e. The summed E-state index contributed by atoms with van der Waals surface area (Å²) in [5, 5.41) is 2.70. The van der Waals surface area contributed by atoms with Gasteiger partial charge in [0.2, 0.25) is 11.8 Å². The number of furan rings is 1. The van der Waals surface area contributed by atoms with Gasteiger partial charge in [-0.05, 0) is 13.0 Å². The van der Waals surface area contributed by atoms with E-state index in [1.54, 1.807) is 17.9 Å². The summed E-state index contributed by atoms with van der Waals surface area (Å²) < 4.78 is 15.3. The molecule has 0 atom stereocenters. The zero-order valence-electron chi connectivity index (χ0n) is 14.3. The lowest BCUT2D eigenvalue weighted by Gasteiger charge is -2.26. The highest BCUT2D eigenvalue weighted by Crippen LogP contribution is 2.15. The van der Waals surface area contributed by atoms with Crippen molar-refractivity contribution >= 4 is 29.5 Å². The van der Waals surface area contributed by atoms with E-state index in [9.17, 15) is 14.4 Å². The number of esters is 1. The van der Waals surface area contributed by atoms with E-state index in [4.69, 9.17) is 9.15 Å². The summed E-state index contributed by atoms with van der Waals surface area (Å²) in [7, 11) is 1.30. The second-order valence-corrected chi connectivity index (χ2v) is 6.42. The van der Waals surface area contributed by atoms with Gasteiger partial charge in [-0.15, -0.1) is 11.8 Å². The molecule has 9 heteroatoms. The first-order valence-corrected chi connectivity index (χ1v) is 9.04. The van der Waals surface area contributed by atoms with Crippen molar-refractivity contribution in [1.82, 2.24) is 10.2 Å². The van der Waals surface area contributed by atoms with E-state index in [0.717, 1.165) is 0 Å². The molecule has 25 heavy (non-hydrogen) atoms. The van der Waals surface area contributed by atoms with E-state index in [-0.39, 0.29) is 29.9 Å². The second kappa shape index (κ2) is 9.47. The van der Waals surface area contributed by atoms with Crippen molar-refractivity contribution in [3.8, 4) is 0 Å². The number of carbonyl (C=O) groups is 3. The van der Waals surface area contributed by atoms with Crippen LogP contribution in [0.2, 0.25) is 0 Å². The van der Waals surface area contributed by atoms with Crippen LogP contribution in [0.25, 0.3) is 0 Å². The Bertz CT molecular complexity index is 624. The van der Waals surface area contributed by atoms with Crippen molar-refractivity contribution in [1.29, 1.82) is 0 Å². The molecule has 1 fully saturated rings. The Morgan fingerprint density at radius 1 is 1.28 bits per heavy atom. The first kappa shape index (κ1) is 19.3. The fraction of sp³-hybridized carbons (Fsp3) is 0.562. The first-order chi connectivity index (χ1) is 12.0. The number of ether oxygens (including phenoxy) is 2. The van der Waals surface area contributed by atoms with Crippen LogP contribution < -0.4 is 5.32 Å². The number of amides is 2. The lowest BCUT2D eigenvalue weighted by atomic mass is 10.2.